The lowest BCUT2D eigenvalue weighted by atomic mass is 9.33. The second-order valence-corrected chi connectivity index (χ2v) is 23.8. The molecule has 15 rings (SSSR count). The number of aromatic nitrogens is 1. The quantitative estimate of drug-likeness (QED) is 0.120. The number of para-hydroxylation sites is 3. The molecule has 0 spiro atoms. The van der Waals surface area contributed by atoms with Gasteiger partial charge in [0.2, 0.25) is 0 Å². The van der Waals surface area contributed by atoms with Crippen molar-refractivity contribution in [3.05, 3.63) is 290 Å². The highest BCUT2D eigenvalue weighted by atomic mass is 15.2. The van der Waals surface area contributed by atoms with Crippen molar-refractivity contribution >= 4 is 79.0 Å². The van der Waals surface area contributed by atoms with Crippen molar-refractivity contribution in [3.63, 3.8) is 0 Å². The Morgan fingerprint density at radius 1 is 0.357 bits per heavy atom. The zero-order valence-electron chi connectivity index (χ0n) is 48.1. The van der Waals surface area contributed by atoms with Gasteiger partial charge < -0.3 is 14.4 Å². The van der Waals surface area contributed by atoms with Crippen LogP contribution in [0.4, 0.5) is 34.1 Å². The van der Waals surface area contributed by atoms with E-state index in [0.717, 1.165) is 58.6 Å². The first kappa shape index (κ1) is 51.0. The summed E-state index contributed by atoms with van der Waals surface area (Å²) in [5.74, 6) is 0. The predicted molar refractivity (Wildman–Crippen MR) is 359 cm³/mol. The van der Waals surface area contributed by atoms with Gasteiger partial charge in [-0.15, -0.1) is 0 Å². The molecule has 12 aromatic carbocycles. The smallest absolute Gasteiger partial charge is 0.252 e. The number of rotatable bonds is 11. The Morgan fingerprint density at radius 3 is 1.40 bits per heavy atom. The van der Waals surface area contributed by atoms with Crippen LogP contribution in [0.15, 0.2) is 279 Å². The van der Waals surface area contributed by atoms with Crippen molar-refractivity contribution in [2.24, 2.45) is 0 Å². The van der Waals surface area contributed by atoms with Gasteiger partial charge in [0.1, 0.15) is 0 Å². The number of fused-ring (bicyclic) bond motifs is 7. The van der Waals surface area contributed by atoms with Crippen LogP contribution in [0.1, 0.15) is 51.7 Å². The van der Waals surface area contributed by atoms with Gasteiger partial charge in [0.25, 0.3) is 6.71 Å². The number of hydrogen-bond donors (Lipinski definition) is 0. The highest BCUT2D eigenvalue weighted by molar-refractivity contribution is 7.00. The second-order valence-electron chi connectivity index (χ2n) is 23.8. The molecule has 2 aliphatic heterocycles. The first-order valence-electron chi connectivity index (χ1n) is 29.9. The minimum Gasteiger partial charge on any atom is -0.311 e. The van der Waals surface area contributed by atoms with Crippen molar-refractivity contribution in [2.75, 3.05) is 9.80 Å². The Kier molecular flexibility index (Phi) is 12.6. The third-order valence-electron chi connectivity index (χ3n) is 17.7. The Morgan fingerprint density at radius 2 is 0.857 bits per heavy atom. The molecule has 0 unspecified atom stereocenters. The third-order valence-corrected chi connectivity index (χ3v) is 17.7. The SMILES string of the molecule is CCCCc1cccc(-c2ccccc2)c1N1c2ccc(-c3ccccc3)cc2B2c3ccc(-n4c5ccccc5c5ccccc54)cc3N(c3c(-c4ccccc4)cc(-c4ccccc4)cc3-c3ccccc3)c3cc(C(C)(C)C)cc1c32. The Labute approximate surface area is 494 Å². The minimum atomic E-state index is -0.243. The van der Waals surface area contributed by atoms with Crippen molar-refractivity contribution in [3.8, 4) is 61.3 Å². The van der Waals surface area contributed by atoms with Crippen molar-refractivity contribution in [1.82, 2.24) is 4.57 Å². The number of unbranched alkanes of at least 4 members (excludes halogenated alkanes) is 1. The predicted octanol–water partition coefficient (Wildman–Crippen LogP) is 19.8. The minimum absolute atomic E-state index is 0.149. The molecule has 0 atom stereocenters. The molecule has 13 aromatic rings. The molecule has 0 saturated heterocycles. The molecule has 0 saturated carbocycles. The van der Waals surface area contributed by atoms with E-state index in [2.05, 4.69) is 321 Å². The maximum absolute atomic E-state index is 2.71. The molecule has 3 nitrogen and oxygen atoms in total. The number of nitrogens with zero attached hydrogens (tertiary/aromatic N) is 3. The summed E-state index contributed by atoms with van der Waals surface area (Å²) < 4.78 is 2.49. The highest BCUT2D eigenvalue weighted by Crippen LogP contribution is 2.54. The first-order valence-corrected chi connectivity index (χ1v) is 29.9. The summed E-state index contributed by atoms with van der Waals surface area (Å²) in [4.78, 5) is 5.41. The topological polar surface area (TPSA) is 11.4 Å². The van der Waals surface area contributed by atoms with E-state index in [-0.39, 0.29) is 12.1 Å². The fourth-order valence-corrected chi connectivity index (χ4v) is 13.7. The molecule has 2 aliphatic rings. The second kappa shape index (κ2) is 20.8. The Bertz CT molecular complexity index is 4500. The molecule has 84 heavy (non-hydrogen) atoms. The number of anilines is 6. The van der Waals surface area contributed by atoms with Crippen LogP contribution in [0.25, 0.3) is 83.1 Å². The van der Waals surface area contributed by atoms with Gasteiger partial charge in [0.15, 0.2) is 0 Å². The average molecular weight is 1080 g/mol. The molecule has 3 heterocycles. The monoisotopic (exact) mass is 1080 g/mol. The maximum atomic E-state index is 2.71. The van der Waals surface area contributed by atoms with E-state index in [4.69, 9.17) is 0 Å². The number of hydrogen-bond acceptors (Lipinski definition) is 2. The summed E-state index contributed by atoms with van der Waals surface area (Å²) in [5.41, 5.74) is 28.7. The summed E-state index contributed by atoms with van der Waals surface area (Å²) in [6.45, 7) is 9.32. The third kappa shape index (κ3) is 8.58. The van der Waals surface area contributed by atoms with E-state index in [9.17, 15) is 0 Å². The van der Waals surface area contributed by atoms with Gasteiger partial charge in [-0.05, 0) is 139 Å². The molecule has 0 radical (unpaired) electrons. The van der Waals surface area contributed by atoms with Gasteiger partial charge in [0, 0.05) is 55.9 Å². The Balaban J connectivity index is 1.13. The molecule has 0 fully saturated rings. The van der Waals surface area contributed by atoms with Crippen LogP contribution in [0.3, 0.4) is 0 Å². The molecular formula is C80H64BN3. The number of benzene rings is 12. The highest BCUT2D eigenvalue weighted by Gasteiger charge is 2.46. The summed E-state index contributed by atoms with van der Waals surface area (Å²) in [5, 5.41) is 2.48. The van der Waals surface area contributed by atoms with Gasteiger partial charge in [0.05, 0.1) is 22.4 Å². The van der Waals surface area contributed by atoms with Gasteiger partial charge in [-0.1, -0.05) is 259 Å². The van der Waals surface area contributed by atoms with E-state index in [1.807, 2.05) is 0 Å². The first-order chi connectivity index (χ1) is 41.3. The number of aryl methyl sites for hydroxylation is 1. The lowest BCUT2D eigenvalue weighted by Gasteiger charge is -2.46. The van der Waals surface area contributed by atoms with E-state index in [1.54, 1.807) is 0 Å². The standard InChI is InChI=1S/C80H64BN3/c1-5-6-27-59-38-26-41-64(56-32-16-9-17-33-56)78(59)83-73-47-44-60(54-28-12-7-13-29-54)50-70(73)81-69-46-45-63(82-71-42-24-22-39-65(71)66-40-23-25-43-72(66)82)53-74(69)84(76-52-62(80(2,3)4)51-75(83)77(76)81)79-67(57-34-18-10-19-35-57)48-61(55-30-14-8-15-31-55)49-68(79)58-36-20-11-21-37-58/h7-26,28-53H,5-6,27H2,1-4H3. The van der Waals surface area contributed by atoms with Crippen LogP contribution in [-0.4, -0.2) is 11.3 Å². The molecule has 0 aliphatic carbocycles. The normalized spacial score (nSPS) is 12.6. The maximum Gasteiger partial charge on any atom is 0.252 e. The molecule has 0 amide bonds. The van der Waals surface area contributed by atoms with Gasteiger partial charge in [-0.2, -0.15) is 0 Å². The molecule has 402 valence electrons. The summed E-state index contributed by atoms with van der Waals surface area (Å²) in [6.07, 6.45) is 3.14. The van der Waals surface area contributed by atoms with Crippen LogP contribution < -0.4 is 26.2 Å². The van der Waals surface area contributed by atoms with Crippen molar-refractivity contribution in [1.29, 1.82) is 0 Å². The van der Waals surface area contributed by atoms with Crippen molar-refractivity contribution < 1.29 is 0 Å². The van der Waals surface area contributed by atoms with Crippen LogP contribution in [0.2, 0.25) is 0 Å². The summed E-state index contributed by atoms with van der Waals surface area (Å²) in [6, 6.07) is 105. The lowest BCUT2D eigenvalue weighted by Crippen LogP contribution is -2.61. The average Bonchev–Trinajstić information content (AvgIpc) is 0.909. The van der Waals surface area contributed by atoms with E-state index in [0.29, 0.717) is 0 Å². The van der Waals surface area contributed by atoms with Crippen LogP contribution in [-0.2, 0) is 11.8 Å². The van der Waals surface area contributed by atoms with Gasteiger partial charge in [-0.3, -0.25) is 0 Å². The fraction of sp³-hybridized carbons (Fsp3) is 0.100. The van der Waals surface area contributed by atoms with E-state index in [1.165, 1.54) is 105 Å². The van der Waals surface area contributed by atoms with Gasteiger partial charge >= 0.3 is 0 Å². The Hall–Kier alpha value is -9.90. The summed E-state index contributed by atoms with van der Waals surface area (Å²) >= 11 is 0. The lowest BCUT2D eigenvalue weighted by molar-refractivity contribution is 0.590. The van der Waals surface area contributed by atoms with Crippen LogP contribution in [0.5, 0.6) is 0 Å². The van der Waals surface area contributed by atoms with E-state index < -0.39 is 0 Å². The molecule has 4 heteroatoms. The largest absolute Gasteiger partial charge is 0.311 e. The molecule has 0 N–H and O–H groups in total. The van der Waals surface area contributed by atoms with Gasteiger partial charge in [-0.25, -0.2) is 0 Å². The molecular weight excluding hydrogens is 1010 g/mol. The van der Waals surface area contributed by atoms with Crippen LogP contribution in [0, 0.1) is 0 Å². The molecule has 1 aromatic heterocycles. The zero-order valence-corrected chi connectivity index (χ0v) is 48.1. The van der Waals surface area contributed by atoms with Crippen molar-refractivity contribution in [2.45, 2.75) is 52.4 Å². The summed E-state index contributed by atoms with van der Waals surface area (Å²) in [7, 11) is 0. The van der Waals surface area contributed by atoms with E-state index >= 15 is 0 Å². The van der Waals surface area contributed by atoms with Crippen LogP contribution >= 0.6 is 0 Å². The molecule has 0 bridgehead atoms. The zero-order chi connectivity index (χ0) is 56.5. The fourth-order valence-electron chi connectivity index (χ4n) is 13.7.